The van der Waals surface area contributed by atoms with Crippen LogP contribution in [0, 0.1) is 0 Å². The summed E-state index contributed by atoms with van der Waals surface area (Å²) in [5.74, 6) is 0.678. The molecule has 10 aromatic rings. The smallest absolute Gasteiger partial charge is 0.160 e. The van der Waals surface area contributed by atoms with Crippen molar-refractivity contribution in [1.29, 1.82) is 0 Å². The van der Waals surface area contributed by atoms with E-state index in [2.05, 4.69) is 136 Å². The van der Waals surface area contributed by atoms with E-state index in [-0.39, 0.29) is 0 Å². The second-order valence-corrected chi connectivity index (χ2v) is 13.2. The average molecular weight is 693 g/mol. The van der Waals surface area contributed by atoms with E-state index in [1.54, 1.807) is 0 Å². The van der Waals surface area contributed by atoms with Crippen molar-refractivity contribution in [3.63, 3.8) is 0 Å². The molecular weight excluding hydrogens is 661 g/mol. The fourth-order valence-corrected chi connectivity index (χ4v) is 7.19. The number of nitrogens with zero attached hydrogens (tertiary/aromatic N) is 6. The van der Waals surface area contributed by atoms with Gasteiger partial charge >= 0.3 is 0 Å². The van der Waals surface area contributed by atoms with Gasteiger partial charge in [0.15, 0.2) is 5.82 Å². The number of imidazole rings is 2. The van der Waals surface area contributed by atoms with Crippen LogP contribution in [0.15, 0.2) is 194 Å². The van der Waals surface area contributed by atoms with Gasteiger partial charge in [0.1, 0.15) is 11.3 Å². The Morgan fingerprint density at radius 2 is 0.667 bits per heavy atom. The van der Waals surface area contributed by atoms with E-state index in [9.17, 15) is 0 Å². The van der Waals surface area contributed by atoms with E-state index in [0.717, 1.165) is 84.4 Å². The third kappa shape index (κ3) is 5.63. The van der Waals surface area contributed by atoms with Gasteiger partial charge in [0.2, 0.25) is 0 Å². The van der Waals surface area contributed by atoms with Crippen molar-refractivity contribution in [3.8, 4) is 78.9 Å². The molecule has 5 aromatic heterocycles. The summed E-state index contributed by atoms with van der Waals surface area (Å²) in [6.45, 7) is 0. The molecule has 5 heterocycles. The summed E-state index contributed by atoms with van der Waals surface area (Å²) in [5, 5.41) is 0. The maximum absolute atomic E-state index is 5.10. The minimum Gasteiger partial charge on any atom is -0.299 e. The van der Waals surface area contributed by atoms with E-state index in [0.29, 0.717) is 5.82 Å². The van der Waals surface area contributed by atoms with E-state index in [4.69, 9.17) is 19.9 Å². The Morgan fingerprint density at radius 3 is 1.09 bits per heavy atom. The van der Waals surface area contributed by atoms with Crippen LogP contribution in [-0.2, 0) is 0 Å². The molecule has 0 aliphatic carbocycles. The number of benzene rings is 5. The fraction of sp³-hybridized carbons (Fsp3) is 0. The molecule has 5 aromatic carbocycles. The van der Waals surface area contributed by atoms with Crippen LogP contribution in [-0.4, -0.2) is 28.7 Å². The predicted octanol–water partition coefficient (Wildman–Crippen LogP) is 11.4. The molecule has 10 rings (SSSR count). The second-order valence-electron chi connectivity index (χ2n) is 13.2. The van der Waals surface area contributed by atoms with E-state index in [1.165, 1.54) is 0 Å². The van der Waals surface area contributed by atoms with Gasteiger partial charge in [0, 0.05) is 51.3 Å². The van der Waals surface area contributed by atoms with Crippen LogP contribution < -0.4 is 0 Å². The number of fused-ring (bicyclic) bond motifs is 2. The van der Waals surface area contributed by atoms with Crippen molar-refractivity contribution >= 4 is 11.3 Å². The highest BCUT2D eigenvalue weighted by molar-refractivity contribution is 5.85. The van der Waals surface area contributed by atoms with Crippen LogP contribution in [0.3, 0.4) is 0 Å². The molecule has 0 unspecified atom stereocenters. The van der Waals surface area contributed by atoms with Crippen LogP contribution in [0.25, 0.3) is 90.2 Å². The van der Waals surface area contributed by atoms with E-state index >= 15 is 0 Å². The van der Waals surface area contributed by atoms with Gasteiger partial charge in [0.25, 0.3) is 0 Å². The molecule has 254 valence electrons. The predicted molar refractivity (Wildman–Crippen MR) is 218 cm³/mol. The fourth-order valence-electron chi connectivity index (χ4n) is 7.19. The molecule has 0 aliphatic heterocycles. The SMILES string of the molecule is c1ccc(-c2nc(-c3ccc(-c4c(-c5ccccc5)nc5ccccn45)cc3)cc(-c3ccc(-c4c(-c5ccccc5)nc5ccccn45)cc3)n2)cc1. The summed E-state index contributed by atoms with van der Waals surface area (Å²) in [6, 6.07) is 62.4. The minimum atomic E-state index is 0.678. The molecule has 0 saturated heterocycles. The highest BCUT2D eigenvalue weighted by atomic mass is 15.0. The molecular formula is C48H32N6. The summed E-state index contributed by atoms with van der Waals surface area (Å²) in [4.78, 5) is 20.3. The number of rotatable bonds is 7. The zero-order chi connectivity index (χ0) is 35.8. The maximum atomic E-state index is 5.10. The molecule has 6 nitrogen and oxygen atoms in total. The van der Waals surface area contributed by atoms with Gasteiger partial charge in [-0.15, -0.1) is 0 Å². The first-order valence-corrected chi connectivity index (χ1v) is 18.0. The van der Waals surface area contributed by atoms with Gasteiger partial charge in [-0.05, 0) is 30.3 Å². The Bertz CT molecular complexity index is 2720. The molecule has 0 saturated carbocycles. The lowest BCUT2D eigenvalue weighted by atomic mass is 10.0. The zero-order valence-electron chi connectivity index (χ0n) is 29.2. The van der Waals surface area contributed by atoms with Gasteiger partial charge in [-0.25, -0.2) is 19.9 Å². The first kappa shape index (κ1) is 31.3. The standard InChI is InChI=1S/C48H32N6/c1-4-14-35(15-5-1)44-46(53-30-12-10-20-42(53)51-44)37-26-22-33(23-27-37)40-32-41(50-48(49-40)39-18-8-3-9-19-39)34-24-28-38(29-25-34)47-45(36-16-6-2-7-17-36)52-43-21-11-13-31-54(43)47/h1-32H. The summed E-state index contributed by atoms with van der Waals surface area (Å²) in [6.07, 6.45) is 4.15. The van der Waals surface area contributed by atoms with Crippen molar-refractivity contribution in [3.05, 3.63) is 194 Å². The summed E-state index contributed by atoms with van der Waals surface area (Å²) in [5.41, 5.74) is 14.8. The van der Waals surface area contributed by atoms with Crippen molar-refractivity contribution in [2.45, 2.75) is 0 Å². The molecule has 54 heavy (non-hydrogen) atoms. The number of hydrogen-bond acceptors (Lipinski definition) is 4. The van der Waals surface area contributed by atoms with E-state index < -0.39 is 0 Å². The molecule has 0 fully saturated rings. The molecule has 0 radical (unpaired) electrons. The lowest BCUT2D eigenvalue weighted by Gasteiger charge is -2.11. The van der Waals surface area contributed by atoms with Crippen LogP contribution in [0.4, 0.5) is 0 Å². The highest BCUT2D eigenvalue weighted by Crippen LogP contribution is 2.36. The van der Waals surface area contributed by atoms with Gasteiger partial charge in [-0.3, -0.25) is 8.80 Å². The molecule has 6 heteroatoms. The van der Waals surface area contributed by atoms with Crippen molar-refractivity contribution < 1.29 is 0 Å². The topological polar surface area (TPSA) is 60.4 Å². The quantitative estimate of drug-likeness (QED) is 0.167. The molecule has 0 atom stereocenters. The van der Waals surface area contributed by atoms with Gasteiger partial charge in [-0.1, -0.05) is 152 Å². The molecule has 0 amide bonds. The molecule has 0 aliphatic rings. The molecule has 0 spiro atoms. The van der Waals surface area contributed by atoms with Crippen LogP contribution in [0.2, 0.25) is 0 Å². The minimum absolute atomic E-state index is 0.678. The molecule has 0 bridgehead atoms. The van der Waals surface area contributed by atoms with Gasteiger partial charge < -0.3 is 0 Å². The number of pyridine rings is 2. The molecule has 0 N–H and O–H groups in total. The normalized spacial score (nSPS) is 11.3. The Morgan fingerprint density at radius 1 is 0.296 bits per heavy atom. The summed E-state index contributed by atoms with van der Waals surface area (Å²) < 4.78 is 4.32. The highest BCUT2D eigenvalue weighted by Gasteiger charge is 2.18. The summed E-state index contributed by atoms with van der Waals surface area (Å²) >= 11 is 0. The van der Waals surface area contributed by atoms with Crippen LogP contribution in [0.5, 0.6) is 0 Å². The first-order chi connectivity index (χ1) is 26.8. The monoisotopic (exact) mass is 692 g/mol. The Kier molecular flexibility index (Phi) is 7.69. The van der Waals surface area contributed by atoms with Crippen molar-refractivity contribution in [2.75, 3.05) is 0 Å². The number of hydrogen-bond donors (Lipinski definition) is 0. The van der Waals surface area contributed by atoms with E-state index in [1.807, 2.05) is 66.7 Å². The third-order valence-corrected chi connectivity index (χ3v) is 9.82. The Labute approximate surface area is 312 Å². The Hall–Kier alpha value is -7.44. The third-order valence-electron chi connectivity index (χ3n) is 9.82. The largest absolute Gasteiger partial charge is 0.299 e. The summed E-state index contributed by atoms with van der Waals surface area (Å²) in [7, 11) is 0. The first-order valence-electron chi connectivity index (χ1n) is 18.0. The average Bonchev–Trinajstić information content (AvgIpc) is 3.84. The van der Waals surface area contributed by atoms with Crippen LogP contribution in [0.1, 0.15) is 0 Å². The van der Waals surface area contributed by atoms with Crippen molar-refractivity contribution in [1.82, 2.24) is 28.7 Å². The maximum Gasteiger partial charge on any atom is 0.160 e. The lowest BCUT2D eigenvalue weighted by Crippen LogP contribution is -1.96. The number of aromatic nitrogens is 6. The Balaban J connectivity index is 1.06. The lowest BCUT2D eigenvalue weighted by molar-refractivity contribution is 1.18. The second kappa shape index (κ2) is 13.3. The van der Waals surface area contributed by atoms with Crippen LogP contribution >= 0.6 is 0 Å². The van der Waals surface area contributed by atoms with Gasteiger partial charge in [0.05, 0.1) is 34.2 Å². The van der Waals surface area contributed by atoms with Gasteiger partial charge in [-0.2, -0.15) is 0 Å². The van der Waals surface area contributed by atoms with Crippen molar-refractivity contribution in [2.24, 2.45) is 0 Å². The zero-order valence-corrected chi connectivity index (χ0v) is 29.2.